The minimum absolute atomic E-state index is 0.0619. The van der Waals surface area contributed by atoms with Gasteiger partial charge in [0.2, 0.25) is 0 Å². The van der Waals surface area contributed by atoms with Crippen molar-refractivity contribution in [2.24, 2.45) is 0 Å². The van der Waals surface area contributed by atoms with Crippen LogP contribution in [-0.4, -0.2) is 31.7 Å². The van der Waals surface area contributed by atoms with Crippen LogP contribution in [0.5, 0.6) is 0 Å². The van der Waals surface area contributed by atoms with Crippen molar-refractivity contribution in [3.63, 3.8) is 0 Å². The lowest BCUT2D eigenvalue weighted by Gasteiger charge is -2.02. The highest BCUT2D eigenvalue weighted by Crippen LogP contribution is 2.30. The van der Waals surface area contributed by atoms with Crippen LogP contribution in [0.3, 0.4) is 0 Å². The first-order valence-electron chi connectivity index (χ1n) is 8.03. The molecule has 0 unspecified atom stereocenters. The molecule has 0 radical (unpaired) electrons. The van der Waals surface area contributed by atoms with Gasteiger partial charge in [-0.1, -0.05) is 30.0 Å². The molecular weight excluding hydrogens is 382 g/mol. The zero-order valence-corrected chi connectivity index (χ0v) is 15.8. The molecule has 0 aliphatic rings. The molecule has 4 aromatic rings. The maximum atomic E-state index is 12.4. The highest BCUT2D eigenvalue weighted by atomic mass is 32.2. The third-order valence-corrected chi connectivity index (χ3v) is 5.77. The van der Waals surface area contributed by atoms with Gasteiger partial charge in [-0.2, -0.15) is 5.26 Å². The average molecular weight is 395 g/mol. The Balaban J connectivity index is 1.47. The molecule has 7 nitrogen and oxygen atoms in total. The van der Waals surface area contributed by atoms with E-state index < -0.39 is 5.92 Å². The second-order valence-electron chi connectivity index (χ2n) is 5.77. The minimum atomic E-state index is -0.868. The van der Waals surface area contributed by atoms with E-state index in [2.05, 4.69) is 20.2 Å². The highest BCUT2D eigenvalue weighted by Gasteiger charge is 2.24. The van der Waals surface area contributed by atoms with Crippen LogP contribution in [0.1, 0.15) is 16.6 Å². The molecular formula is C18H13N5O2S2. The van der Waals surface area contributed by atoms with Crippen molar-refractivity contribution in [2.75, 3.05) is 5.75 Å². The Morgan fingerprint density at radius 1 is 1.41 bits per heavy atom. The minimum Gasteiger partial charge on any atom is -0.411 e. The standard InChI is InChI=1S/C18H13N5O2S2/c1-10-8-26-17(21-10)12(6-19)15(24)9-27-18-23-22-16(25-18)13-7-20-14-5-3-2-4-11(13)14/h2-5,7-8,12,20H,9H2,1H3/t12-/m1/s1. The van der Waals surface area contributed by atoms with Gasteiger partial charge in [0.15, 0.2) is 11.7 Å². The number of hydrogen-bond acceptors (Lipinski definition) is 8. The molecule has 1 aromatic carbocycles. The molecule has 1 atom stereocenters. The van der Waals surface area contributed by atoms with Crippen LogP contribution in [0.2, 0.25) is 0 Å². The van der Waals surface area contributed by atoms with Crippen LogP contribution < -0.4 is 0 Å². The largest absolute Gasteiger partial charge is 0.411 e. The summed E-state index contributed by atoms with van der Waals surface area (Å²) < 4.78 is 5.68. The highest BCUT2D eigenvalue weighted by molar-refractivity contribution is 7.99. The van der Waals surface area contributed by atoms with Crippen molar-refractivity contribution in [2.45, 2.75) is 18.1 Å². The number of ketones is 1. The second-order valence-corrected chi connectivity index (χ2v) is 7.58. The summed E-state index contributed by atoms with van der Waals surface area (Å²) >= 11 is 2.44. The number of H-pyrrole nitrogens is 1. The van der Waals surface area contributed by atoms with Gasteiger partial charge in [0.25, 0.3) is 11.1 Å². The van der Waals surface area contributed by atoms with E-state index in [-0.39, 0.29) is 16.8 Å². The molecule has 0 aliphatic heterocycles. The molecule has 0 fully saturated rings. The van der Waals surface area contributed by atoms with Crippen molar-refractivity contribution >= 4 is 39.8 Å². The molecule has 0 amide bonds. The molecule has 3 aromatic heterocycles. The molecule has 134 valence electrons. The average Bonchev–Trinajstić information content (AvgIpc) is 3.40. The van der Waals surface area contributed by atoms with E-state index in [0.717, 1.165) is 33.9 Å². The van der Waals surface area contributed by atoms with Crippen LogP contribution in [0.4, 0.5) is 0 Å². The number of aryl methyl sites for hydroxylation is 1. The predicted octanol–water partition coefficient (Wildman–Crippen LogP) is 3.95. The molecule has 0 spiro atoms. The quantitative estimate of drug-likeness (QED) is 0.492. The van der Waals surface area contributed by atoms with Crippen LogP contribution in [0, 0.1) is 18.3 Å². The monoisotopic (exact) mass is 395 g/mol. The number of nitrogens with one attached hydrogen (secondary N) is 1. The van der Waals surface area contributed by atoms with Gasteiger partial charge in [0.1, 0.15) is 5.01 Å². The summed E-state index contributed by atoms with van der Waals surface area (Å²) in [6.45, 7) is 1.83. The van der Waals surface area contributed by atoms with Crippen LogP contribution in [-0.2, 0) is 4.79 Å². The Morgan fingerprint density at radius 2 is 2.26 bits per heavy atom. The number of aromatic nitrogens is 4. The van der Waals surface area contributed by atoms with Crippen LogP contribution in [0.25, 0.3) is 22.4 Å². The Kier molecular flexibility index (Phi) is 4.75. The van der Waals surface area contributed by atoms with Gasteiger partial charge in [0.05, 0.1) is 17.4 Å². The zero-order chi connectivity index (χ0) is 18.8. The number of thiazole rings is 1. The Hall–Kier alpha value is -2.96. The number of aromatic amines is 1. The van der Waals surface area contributed by atoms with Crippen molar-refractivity contribution in [3.05, 3.63) is 46.5 Å². The third kappa shape index (κ3) is 3.49. The number of thioether (sulfide) groups is 1. The molecule has 0 saturated carbocycles. The summed E-state index contributed by atoms with van der Waals surface area (Å²) in [5.41, 5.74) is 2.59. The van der Waals surface area contributed by atoms with Gasteiger partial charge in [-0.05, 0) is 13.0 Å². The first-order chi connectivity index (χ1) is 13.2. The van der Waals surface area contributed by atoms with E-state index >= 15 is 0 Å². The van der Waals surface area contributed by atoms with E-state index in [1.54, 1.807) is 0 Å². The fourth-order valence-electron chi connectivity index (χ4n) is 2.61. The van der Waals surface area contributed by atoms with Gasteiger partial charge >= 0.3 is 0 Å². The summed E-state index contributed by atoms with van der Waals surface area (Å²) in [4.78, 5) is 19.8. The fourth-order valence-corrected chi connectivity index (χ4v) is 4.14. The fraction of sp³-hybridized carbons (Fsp3) is 0.167. The lowest BCUT2D eigenvalue weighted by Crippen LogP contribution is -2.13. The number of Topliss-reactive ketones (excluding diaryl/α,β-unsaturated/α-hetero) is 1. The van der Waals surface area contributed by atoms with E-state index in [1.807, 2.05) is 48.8 Å². The smallest absolute Gasteiger partial charge is 0.277 e. The summed E-state index contributed by atoms with van der Waals surface area (Å²) in [5.74, 6) is -0.655. The molecule has 9 heteroatoms. The maximum Gasteiger partial charge on any atom is 0.277 e. The number of carbonyl (C=O) groups is 1. The maximum absolute atomic E-state index is 12.4. The van der Waals surface area contributed by atoms with Gasteiger partial charge in [-0.25, -0.2) is 4.98 Å². The van der Waals surface area contributed by atoms with E-state index in [4.69, 9.17) is 4.42 Å². The van der Waals surface area contributed by atoms with Crippen molar-refractivity contribution in [1.82, 2.24) is 20.2 Å². The number of hydrogen-bond donors (Lipinski definition) is 1. The molecule has 0 aliphatic carbocycles. The lowest BCUT2D eigenvalue weighted by molar-refractivity contribution is -0.116. The number of nitrogens with zero attached hydrogens (tertiary/aromatic N) is 4. The Labute approximate surface area is 162 Å². The first-order valence-corrected chi connectivity index (χ1v) is 9.89. The van der Waals surface area contributed by atoms with Crippen molar-refractivity contribution < 1.29 is 9.21 Å². The van der Waals surface area contributed by atoms with E-state index in [9.17, 15) is 10.1 Å². The van der Waals surface area contributed by atoms with Crippen molar-refractivity contribution in [1.29, 1.82) is 5.26 Å². The van der Waals surface area contributed by atoms with Gasteiger partial charge in [0, 0.05) is 28.2 Å². The molecule has 0 bridgehead atoms. The third-order valence-electron chi connectivity index (χ3n) is 3.90. The van der Waals surface area contributed by atoms with E-state index in [0.29, 0.717) is 10.9 Å². The first kappa shape index (κ1) is 17.5. The Morgan fingerprint density at radius 3 is 3.04 bits per heavy atom. The van der Waals surface area contributed by atoms with Crippen molar-refractivity contribution in [3.8, 4) is 17.5 Å². The predicted molar refractivity (Wildman–Crippen MR) is 103 cm³/mol. The zero-order valence-electron chi connectivity index (χ0n) is 14.2. The topological polar surface area (TPSA) is 108 Å². The van der Waals surface area contributed by atoms with E-state index in [1.165, 1.54) is 11.3 Å². The van der Waals surface area contributed by atoms with Crippen LogP contribution >= 0.6 is 23.1 Å². The van der Waals surface area contributed by atoms with Gasteiger partial charge in [-0.3, -0.25) is 4.79 Å². The summed E-state index contributed by atoms with van der Waals surface area (Å²) in [5, 5.41) is 21.0. The van der Waals surface area contributed by atoms with Crippen LogP contribution in [0.15, 0.2) is 45.5 Å². The molecule has 1 N–H and O–H groups in total. The second kappa shape index (κ2) is 7.34. The molecule has 4 rings (SSSR count). The number of carbonyl (C=O) groups excluding carboxylic acids is 1. The summed E-state index contributed by atoms with van der Waals surface area (Å²) in [6, 6.07) is 9.84. The molecule has 27 heavy (non-hydrogen) atoms. The molecule has 0 saturated heterocycles. The summed E-state index contributed by atoms with van der Waals surface area (Å²) in [6.07, 6.45) is 1.81. The SMILES string of the molecule is Cc1csc([C@H](C#N)C(=O)CSc2nnc(-c3c[nH]c4ccccc34)o2)n1. The number of para-hydroxylation sites is 1. The van der Waals surface area contributed by atoms with Gasteiger partial charge < -0.3 is 9.40 Å². The van der Waals surface area contributed by atoms with Gasteiger partial charge in [-0.15, -0.1) is 21.5 Å². The lowest BCUT2D eigenvalue weighted by atomic mass is 10.1. The number of benzene rings is 1. The number of fused-ring (bicyclic) bond motifs is 1. The number of rotatable bonds is 6. The normalized spacial score (nSPS) is 12.1. The number of nitriles is 1. The molecule has 3 heterocycles. The summed E-state index contributed by atoms with van der Waals surface area (Å²) in [7, 11) is 0. The Bertz CT molecular complexity index is 1150.